The fraction of sp³-hybridized carbons (Fsp3) is 0.286. The maximum atomic E-state index is 11.4. The average Bonchev–Trinajstić information content (AvgIpc) is 2.65. The summed E-state index contributed by atoms with van der Waals surface area (Å²) in [7, 11) is -3.24. The lowest BCUT2D eigenvalue weighted by molar-refractivity contribution is -0.136. The molecule has 0 saturated carbocycles. The third-order valence-corrected chi connectivity index (χ3v) is 4.41. The summed E-state index contributed by atoms with van der Waals surface area (Å²) in [6.07, 6.45) is 1.06. The highest BCUT2D eigenvalue weighted by molar-refractivity contribution is 7.90. The Morgan fingerprint density at radius 1 is 1.24 bits per heavy atom. The summed E-state index contributed by atoms with van der Waals surface area (Å²) in [4.78, 5) is 11.1. The number of nitrogens with zero attached hydrogens (tertiary/aromatic N) is 2. The van der Waals surface area contributed by atoms with Crippen LogP contribution in [0.1, 0.15) is 17.0 Å². The van der Waals surface area contributed by atoms with Crippen LogP contribution >= 0.6 is 0 Å². The van der Waals surface area contributed by atoms with Crippen LogP contribution in [0.2, 0.25) is 0 Å². The molecular weight excluding hydrogens is 292 g/mol. The lowest BCUT2D eigenvalue weighted by atomic mass is 10.1. The van der Waals surface area contributed by atoms with E-state index in [-0.39, 0.29) is 11.3 Å². The standard InChI is InChI=1S/C14H16N2O4S/c1-9-13(8-14(17)18)10(2)16(15-9)11-4-6-12(7-5-11)21(3,19)20/h4-7H,8H2,1-3H3,(H,17,18). The van der Waals surface area contributed by atoms with Crippen molar-refractivity contribution < 1.29 is 18.3 Å². The minimum atomic E-state index is -3.24. The van der Waals surface area contributed by atoms with Crippen LogP contribution in [0.15, 0.2) is 29.2 Å². The molecule has 1 aromatic heterocycles. The Kier molecular flexibility index (Phi) is 3.87. The molecule has 1 N–H and O–H groups in total. The van der Waals surface area contributed by atoms with Gasteiger partial charge < -0.3 is 5.11 Å². The van der Waals surface area contributed by atoms with Crippen LogP contribution in [0.25, 0.3) is 5.69 Å². The van der Waals surface area contributed by atoms with Gasteiger partial charge in [0.1, 0.15) is 0 Å². The van der Waals surface area contributed by atoms with Gasteiger partial charge in [-0.2, -0.15) is 5.10 Å². The van der Waals surface area contributed by atoms with Gasteiger partial charge in [0.05, 0.1) is 22.7 Å². The number of aromatic nitrogens is 2. The molecule has 21 heavy (non-hydrogen) atoms. The minimum Gasteiger partial charge on any atom is -0.481 e. The van der Waals surface area contributed by atoms with E-state index < -0.39 is 15.8 Å². The predicted octanol–water partition coefficient (Wildman–Crippen LogP) is 1.52. The number of aliphatic carboxylic acids is 1. The Labute approximate surface area is 123 Å². The molecule has 0 amide bonds. The smallest absolute Gasteiger partial charge is 0.307 e. The zero-order chi connectivity index (χ0) is 15.8. The van der Waals surface area contributed by atoms with Gasteiger partial charge in [0.2, 0.25) is 0 Å². The van der Waals surface area contributed by atoms with Gasteiger partial charge >= 0.3 is 5.97 Å². The summed E-state index contributed by atoms with van der Waals surface area (Å²) >= 11 is 0. The van der Waals surface area contributed by atoms with Crippen LogP contribution < -0.4 is 0 Å². The molecule has 1 heterocycles. The number of carboxylic acid groups (broad SMARTS) is 1. The van der Waals surface area contributed by atoms with Crippen molar-refractivity contribution in [3.05, 3.63) is 41.2 Å². The van der Waals surface area contributed by atoms with Gasteiger partial charge in [-0.15, -0.1) is 0 Å². The monoisotopic (exact) mass is 308 g/mol. The van der Waals surface area contributed by atoms with Gasteiger partial charge in [0.15, 0.2) is 9.84 Å². The first kappa shape index (κ1) is 15.2. The molecule has 0 spiro atoms. The Balaban J connectivity index is 2.46. The van der Waals surface area contributed by atoms with Gasteiger partial charge in [-0.25, -0.2) is 13.1 Å². The third kappa shape index (κ3) is 3.13. The fourth-order valence-electron chi connectivity index (χ4n) is 2.17. The van der Waals surface area contributed by atoms with E-state index in [1.165, 1.54) is 12.1 Å². The third-order valence-electron chi connectivity index (χ3n) is 3.28. The van der Waals surface area contributed by atoms with E-state index in [2.05, 4.69) is 5.10 Å². The average molecular weight is 308 g/mol. The number of carboxylic acids is 1. The second-order valence-corrected chi connectivity index (χ2v) is 6.91. The quantitative estimate of drug-likeness (QED) is 0.925. The van der Waals surface area contributed by atoms with E-state index in [1.807, 2.05) is 0 Å². The van der Waals surface area contributed by atoms with Gasteiger partial charge in [-0.1, -0.05) is 0 Å². The summed E-state index contributed by atoms with van der Waals surface area (Å²) in [5.41, 5.74) is 2.76. The number of sulfone groups is 1. The summed E-state index contributed by atoms with van der Waals surface area (Å²) in [5.74, 6) is -0.909. The molecule has 0 atom stereocenters. The molecular formula is C14H16N2O4S. The first-order valence-corrected chi connectivity index (χ1v) is 8.16. The number of benzene rings is 1. The highest BCUT2D eigenvalue weighted by Crippen LogP contribution is 2.20. The highest BCUT2D eigenvalue weighted by Gasteiger charge is 2.15. The van der Waals surface area contributed by atoms with Crippen molar-refractivity contribution in [1.29, 1.82) is 0 Å². The zero-order valence-electron chi connectivity index (χ0n) is 12.0. The molecule has 6 nitrogen and oxygen atoms in total. The molecule has 0 fully saturated rings. The molecule has 112 valence electrons. The second kappa shape index (κ2) is 5.33. The summed E-state index contributed by atoms with van der Waals surface area (Å²) < 4.78 is 24.5. The first-order valence-electron chi connectivity index (χ1n) is 6.27. The first-order chi connectivity index (χ1) is 9.70. The largest absolute Gasteiger partial charge is 0.481 e. The molecule has 0 aliphatic heterocycles. The Morgan fingerprint density at radius 3 is 2.29 bits per heavy atom. The van der Waals surface area contributed by atoms with Crippen LogP contribution in [-0.2, 0) is 21.1 Å². The zero-order valence-corrected chi connectivity index (χ0v) is 12.8. The van der Waals surface area contributed by atoms with E-state index in [0.717, 1.165) is 11.9 Å². The molecule has 0 saturated heterocycles. The van der Waals surface area contributed by atoms with Gasteiger partial charge in [0.25, 0.3) is 0 Å². The van der Waals surface area contributed by atoms with Crippen molar-refractivity contribution in [2.45, 2.75) is 25.2 Å². The molecule has 0 aliphatic rings. The molecule has 0 radical (unpaired) electrons. The Hall–Kier alpha value is -2.15. The lowest BCUT2D eigenvalue weighted by Crippen LogP contribution is -2.04. The highest BCUT2D eigenvalue weighted by atomic mass is 32.2. The minimum absolute atomic E-state index is 0.0842. The number of hydrogen-bond acceptors (Lipinski definition) is 4. The van der Waals surface area contributed by atoms with Crippen LogP contribution in [0.5, 0.6) is 0 Å². The molecule has 2 rings (SSSR count). The van der Waals surface area contributed by atoms with Crippen LogP contribution in [0, 0.1) is 13.8 Å². The second-order valence-electron chi connectivity index (χ2n) is 4.90. The Morgan fingerprint density at radius 2 is 1.81 bits per heavy atom. The SMILES string of the molecule is Cc1nn(-c2ccc(S(C)(=O)=O)cc2)c(C)c1CC(=O)O. The van der Waals surface area contributed by atoms with Crippen LogP contribution in [0.4, 0.5) is 0 Å². The topological polar surface area (TPSA) is 89.3 Å². The summed E-state index contributed by atoms with van der Waals surface area (Å²) in [5, 5.41) is 13.2. The van der Waals surface area contributed by atoms with E-state index in [0.29, 0.717) is 16.9 Å². The fourth-order valence-corrected chi connectivity index (χ4v) is 2.80. The van der Waals surface area contributed by atoms with E-state index in [4.69, 9.17) is 5.11 Å². The van der Waals surface area contributed by atoms with Crippen molar-refractivity contribution in [3.63, 3.8) is 0 Å². The van der Waals surface area contributed by atoms with Crippen LogP contribution in [0.3, 0.4) is 0 Å². The predicted molar refractivity (Wildman–Crippen MR) is 77.5 cm³/mol. The maximum Gasteiger partial charge on any atom is 0.307 e. The number of hydrogen-bond donors (Lipinski definition) is 1. The number of carbonyl (C=O) groups is 1. The Bertz CT molecular complexity index is 789. The van der Waals surface area contributed by atoms with E-state index in [1.54, 1.807) is 30.7 Å². The van der Waals surface area contributed by atoms with Crippen molar-refractivity contribution >= 4 is 15.8 Å². The molecule has 0 unspecified atom stereocenters. The van der Waals surface area contributed by atoms with Gasteiger partial charge in [-0.05, 0) is 38.1 Å². The van der Waals surface area contributed by atoms with Crippen molar-refractivity contribution in [2.24, 2.45) is 0 Å². The van der Waals surface area contributed by atoms with Crippen molar-refractivity contribution in [1.82, 2.24) is 9.78 Å². The number of aryl methyl sites for hydroxylation is 1. The van der Waals surface area contributed by atoms with Crippen molar-refractivity contribution in [3.8, 4) is 5.69 Å². The van der Waals surface area contributed by atoms with Crippen molar-refractivity contribution in [2.75, 3.05) is 6.26 Å². The molecule has 2 aromatic rings. The van der Waals surface area contributed by atoms with E-state index in [9.17, 15) is 13.2 Å². The summed E-state index contributed by atoms with van der Waals surface area (Å²) in [6, 6.07) is 6.33. The van der Waals surface area contributed by atoms with E-state index >= 15 is 0 Å². The molecule has 1 aromatic carbocycles. The molecule has 0 bridgehead atoms. The lowest BCUT2D eigenvalue weighted by Gasteiger charge is -2.06. The molecule has 7 heteroatoms. The number of rotatable bonds is 4. The summed E-state index contributed by atoms with van der Waals surface area (Å²) in [6.45, 7) is 3.55. The molecule has 0 aliphatic carbocycles. The van der Waals surface area contributed by atoms with Crippen LogP contribution in [-0.4, -0.2) is 35.5 Å². The normalized spacial score (nSPS) is 11.6. The maximum absolute atomic E-state index is 11.4. The van der Waals surface area contributed by atoms with Gasteiger partial charge in [-0.3, -0.25) is 4.79 Å². The van der Waals surface area contributed by atoms with Gasteiger partial charge in [0, 0.05) is 17.5 Å².